The first-order valence-corrected chi connectivity index (χ1v) is 9.34. The van der Waals surface area contributed by atoms with Gasteiger partial charge in [0.1, 0.15) is 5.25 Å². The van der Waals surface area contributed by atoms with Crippen molar-refractivity contribution < 1.29 is 13.2 Å². The summed E-state index contributed by atoms with van der Waals surface area (Å²) in [6.45, 7) is 0.583. The van der Waals surface area contributed by atoms with E-state index in [9.17, 15) is 13.2 Å². The van der Waals surface area contributed by atoms with E-state index in [0.29, 0.717) is 6.54 Å². The van der Waals surface area contributed by atoms with Crippen LogP contribution in [0.1, 0.15) is 12.0 Å². The Bertz CT molecular complexity index is 768. The molecule has 0 aliphatic carbocycles. The molecular formula is C15H16N2O3S2. The van der Waals surface area contributed by atoms with Gasteiger partial charge >= 0.3 is 0 Å². The number of rotatable bonds is 4. The minimum Gasteiger partial charge on any atom is -0.337 e. The third kappa shape index (κ3) is 3.21. The number of benzene rings is 1. The maximum atomic E-state index is 11.9. The van der Waals surface area contributed by atoms with Crippen LogP contribution in [-0.4, -0.2) is 31.0 Å². The number of sulfonamides is 1. The molecule has 1 unspecified atom stereocenters. The lowest BCUT2D eigenvalue weighted by molar-refractivity contribution is -0.128. The van der Waals surface area contributed by atoms with Crippen LogP contribution in [0.2, 0.25) is 0 Å². The van der Waals surface area contributed by atoms with E-state index < -0.39 is 15.3 Å². The molecule has 1 amide bonds. The Balaban J connectivity index is 1.70. The summed E-state index contributed by atoms with van der Waals surface area (Å²) in [7, 11) is -3.66. The number of hydrogen-bond acceptors (Lipinski definition) is 4. The molecule has 3 rings (SSSR count). The third-order valence-electron chi connectivity index (χ3n) is 3.78. The third-order valence-corrected chi connectivity index (χ3v) is 5.94. The number of nitrogens with two attached hydrogens (primary N) is 1. The number of thiophene rings is 1. The van der Waals surface area contributed by atoms with E-state index in [4.69, 9.17) is 5.14 Å². The monoisotopic (exact) mass is 336 g/mol. The van der Waals surface area contributed by atoms with Crippen LogP contribution in [0.3, 0.4) is 0 Å². The average molecular weight is 336 g/mol. The zero-order valence-electron chi connectivity index (χ0n) is 11.8. The summed E-state index contributed by atoms with van der Waals surface area (Å²) in [5, 5.41) is 6.37. The van der Waals surface area contributed by atoms with Gasteiger partial charge in [0.25, 0.3) is 0 Å². The predicted octanol–water partition coefficient (Wildman–Crippen LogP) is 1.80. The molecule has 7 heteroatoms. The summed E-state index contributed by atoms with van der Waals surface area (Å²) in [6.07, 6.45) is -0.0217. The second-order valence-electron chi connectivity index (χ2n) is 5.36. The second-order valence-corrected chi connectivity index (χ2v) is 8.16. The van der Waals surface area contributed by atoms with Crippen molar-refractivity contribution in [2.75, 3.05) is 6.54 Å². The highest BCUT2D eigenvalue weighted by Gasteiger charge is 2.36. The zero-order chi connectivity index (χ0) is 15.7. The van der Waals surface area contributed by atoms with Crippen LogP contribution in [0.25, 0.3) is 10.4 Å². The molecule has 1 aromatic carbocycles. The van der Waals surface area contributed by atoms with Crippen molar-refractivity contribution >= 4 is 27.3 Å². The number of likely N-dealkylation sites (tertiary alicyclic amines) is 1. The molecule has 0 bridgehead atoms. The summed E-state index contributed by atoms with van der Waals surface area (Å²) in [6, 6.07) is 12.0. The first-order chi connectivity index (χ1) is 10.4. The Morgan fingerprint density at radius 2 is 1.95 bits per heavy atom. The fraction of sp³-hybridized carbons (Fsp3) is 0.267. The van der Waals surface area contributed by atoms with Crippen LogP contribution in [0.5, 0.6) is 0 Å². The van der Waals surface area contributed by atoms with E-state index in [0.717, 1.165) is 11.1 Å². The van der Waals surface area contributed by atoms with E-state index in [1.807, 2.05) is 35.7 Å². The molecule has 1 saturated heterocycles. The molecule has 1 aliphatic rings. The summed E-state index contributed by atoms with van der Waals surface area (Å²) >= 11 is 1.67. The lowest BCUT2D eigenvalue weighted by Crippen LogP contribution is -2.31. The molecule has 1 fully saturated rings. The summed E-state index contributed by atoms with van der Waals surface area (Å²) in [5.74, 6) is -0.165. The molecule has 2 aromatic rings. The smallest absolute Gasteiger partial charge is 0.224 e. The van der Waals surface area contributed by atoms with Crippen molar-refractivity contribution in [3.05, 3.63) is 47.3 Å². The van der Waals surface area contributed by atoms with E-state index in [2.05, 4.69) is 6.07 Å². The number of carbonyl (C=O) groups is 1. The maximum absolute atomic E-state index is 11.9. The highest BCUT2D eigenvalue weighted by atomic mass is 32.2. The Morgan fingerprint density at radius 3 is 2.50 bits per heavy atom. The fourth-order valence-corrected chi connectivity index (χ4v) is 4.04. The molecule has 0 saturated carbocycles. The second kappa shape index (κ2) is 5.83. The Hall–Kier alpha value is -1.70. The lowest BCUT2D eigenvalue weighted by atomic mass is 10.1. The lowest BCUT2D eigenvalue weighted by Gasteiger charge is -2.16. The molecule has 0 radical (unpaired) electrons. The van der Waals surface area contributed by atoms with Crippen LogP contribution in [0, 0.1) is 0 Å². The van der Waals surface area contributed by atoms with Gasteiger partial charge in [-0.2, -0.15) is 0 Å². The first-order valence-electron chi connectivity index (χ1n) is 6.86. The first kappa shape index (κ1) is 15.2. The van der Waals surface area contributed by atoms with Gasteiger partial charge in [-0.05, 0) is 22.6 Å². The number of nitrogens with zero attached hydrogens (tertiary/aromatic N) is 1. The summed E-state index contributed by atoms with van der Waals surface area (Å²) < 4.78 is 22.7. The van der Waals surface area contributed by atoms with Crippen molar-refractivity contribution in [1.82, 2.24) is 4.90 Å². The Labute approximate surface area is 133 Å². The topological polar surface area (TPSA) is 80.5 Å². The number of carbonyl (C=O) groups excluding carboxylic acids is 1. The van der Waals surface area contributed by atoms with Crippen LogP contribution in [0.15, 0.2) is 41.8 Å². The molecule has 0 spiro atoms. The molecule has 1 aromatic heterocycles. The number of primary sulfonamides is 1. The van der Waals surface area contributed by atoms with Crippen LogP contribution in [-0.2, 0) is 21.4 Å². The van der Waals surface area contributed by atoms with E-state index in [1.54, 1.807) is 16.2 Å². The van der Waals surface area contributed by atoms with Gasteiger partial charge < -0.3 is 4.90 Å². The molecule has 5 nitrogen and oxygen atoms in total. The Morgan fingerprint density at radius 1 is 1.23 bits per heavy atom. The minimum atomic E-state index is -3.66. The average Bonchev–Trinajstić information content (AvgIpc) is 3.10. The summed E-state index contributed by atoms with van der Waals surface area (Å²) in [5.41, 5.74) is 2.11. The van der Waals surface area contributed by atoms with Gasteiger partial charge in [0.2, 0.25) is 15.9 Å². The zero-order valence-corrected chi connectivity index (χ0v) is 13.4. The van der Waals surface area contributed by atoms with Crippen LogP contribution in [0.4, 0.5) is 0 Å². The van der Waals surface area contributed by atoms with E-state index in [-0.39, 0.29) is 18.9 Å². The summed E-state index contributed by atoms with van der Waals surface area (Å²) in [4.78, 5) is 14.6. The fourth-order valence-electron chi connectivity index (χ4n) is 2.55. The molecule has 2 N–H and O–H groups in total. The standard InChI is InChI=1S/C15H16N2O3S2/c16-22(19,20)13-8-15(18)17(10-13)9-11-3-5-12(6-4-11)14-2-1-7-21-14/h1-7,13H,8-10H2,(H2,16,19,20). The quantitative estimate of drug-likeness (QED) is 0.924. The minimum absolute atomic E-state index is 0.0217. The molecule has 1 atom stereocenters. The highest BCUT2D eigenvalue weighted by molar-refractivity contribution is 7.89. The normalized spacial score (nSPS) is 18.9. The van der Waals surface area contributed by atoms with Crippen molar-refractivity contribution in [3.63, 3.8) is 0 Å². The van der Waals surface area contributed by atoms with Gasteiger partial charge in [-0.1, -0.05) is 30.3 Å². The van der Waals surface area contributed by atoms with Gasteiger partial charge in [0.05, 0.1) is 0 Å². The largest absolute Gasteiger partial charge is 0.337 e. The van der Waals surface area contributed by atoms with Gasteiger partial charge in [-0.15, -0.1) is 11.3 Å². The van der Waals surface area contributed by atoms with Crippen LogP contribution < -0.4 is 5.14 Å². The van der Waals surface area contributed by atoms with Crippen LogP contribution >= 0.6 is 11.3 Å². The van der Waals surface area contributed by atoms with E-state index in [1.165, 1.54) is 4.88 Å². The van der Waals surface area contributed by atoms with Crippen molar-refractivity contribution in [1.29, 1.82) is 0 Å². The number of hydrogen-bond donors (Lipinski definition) is 1. The molecule has 116 valence electrons. The van der Waals surface area contributed by atoms with Crippen molar-refractivity contribution in [2.45, 2.75) is 18.2 Å². The predicted molar refractivity (Wildman–Crippen MR) is 86.7 cm³/mol. The van der Waals surface area contributed by atoms with Gasteiger partial charge in [0.15, 0.2) is 0 Å². The van der Waals surface area contributed by atoms with Crippen molar-refractivity contribution in [2.24, 2.45) is 5.14 Å². The maximum Gasteiger partial charge on any atom is 0.224 e. The molecule has 22 heavy (non-hydrogen) atoms. The van der Waals surface area contributed by atoms with Gasteiger partial charge in [-0.25, -0.2) is 13.6 Å². The molecule has 2 heterocycles. The number of amides is 1. The SMILES string of the molecule is NS(=O)(=O)C1CC(=O)N(Cc2ccc(-c3cccs3)cc2)C1. The van der Waals surface area contributed by atoms with Gasteiger partial charge in [0, 0.05) is 24.4 Å². The Kier molecular flexibility index (Phi) is 4.03. The highest BCUT2D eigenvalue weighted by Crippen LogP contribution is 2.25. The van der Waals surface area contributed by atoms with Crippen molar-refractivity contribution in [3.8, 4) is 10.4 Å². The van der Waals surface area contributed by atoms with E-state index >= 15 is 0 Å². The molecular weight excluding hydrogens is 320 g/mol. The molecule has 1 aliphatic heterocycles. The van der Waals surface area contributed by atoms with Gasteiger partial charge in [-0.3, -0.25) is 4.79 Å².